The van der Waals surface area contributed by atoms with Crippen LogP contribution in [0.15, 0.2) is 64.8 Å². The molecule has 0 aliphatic rings. The van der Waals surface area contributed by atoms with Gasteiger partial charge in [0.1, 0.15) is 5.82 Å². The number of nitrogens with zero attached hydrogens (tertiary/aromatic N) is 3. The van der Waals surface area contributed by atoms with E-state index in [1.54, 1.807) is 28.9 Å². The molecule has 8 heteroatoms. The van der Waals surface area contributed by atoms with E-state index >= 15 is 0 Å². The zero-order valence-electron chi connectivity index (χ0n) is 20.1. The third-order valence-electron chi connectivity index (χ3n) is 6.06. The van der Waals surface area contributed by atoms with E-state index in [0.29, 0.717) is 24.2 Å². The summed E-state index contributed by atoms with van der Waals surface area (Å²) in [6.45, 7) is 6.09. The molecule has 0 amide bonds. The highest BCUT2D eigenvalue weighted by Crippen LogP contribution is 2.38. The molecule has 0 spiro atoms. The standard InChI is InChI=1S/C28H24FN3O2S2/c1-16-14-23(36-26(16)22-15-35-18(3)31-22)24-17(2)30-27(20-10-7-11-21(29)25(20)33)32(28(24)34)13-12-19-8-5-4-6-9-19/h4-11,14-15,33H,12-13H2,1-3H3. The first-order valence-corrected chi connectivity index (χ1v) is 13.2. The van der Waals surface area contributed by atoms with Crippen molar-refractivity contribution in [3.05, 3.63) is 98.0 Å². The van der Waals surface area contributed by atoms with Gasteiger partial charge in [0.25, 0.3) is 5.56 Å². The molecular weight excluding hydrogens is 493 g/mol. The Morgan fingerprint density at radius 2 is 1.81 bits per heavy atom. The number of rotatable bonds is 6. The molecule has 1 N–H and O–H groups in total. The van der Waals surface area contributed by atoms with Crippen molar-refractivity contribution in [3.8, 4) is 38.1 Å². The number of aromatic hydroxyl groups is 1. The minimum atomic E-state index is -0.754. The Balaban J connectivity index is 1.67. The van der Waals surface area contributed by atoms with Gasteiger partial charge in [-0.05, 0) is 56.5 Å². The highest BCUT2D eigenvalue weighted by Gasteiger charge is 2.22. The summed E-state index contributed by atoms with van der Waals surface area (Å²) in [5, 5.41) is 13.5. The number of benzene rings is 2. The van der Waals surface area contributed by atoms with Crippen molar-refractivity contribution in [2.24, 2.45) is 0 Å². The molecule has 5 nitrogen and oxygen atoms in total. The molecule has 5 rings (SSSR count). The van der Waals surface area contributed by atoms with Crippen LogP contribution in [-0.4, -0.2) is 19.6 Å². The van der Waals surface area contributed by atoms with Crippen molar-refractivity contribution in [3.63, 3.8) is 0 Å². The monoisotopic (exact) mass is 517 g/mol. The lowest BCUT2D eigenvalue weighted by molar-refractivity contribution is 0.433. The van der Waals surface area contributed by atoms with Gasteiger partial charge in [-0.1, -0.05) is 36.4 Å². The van der Waals surface area contributed by atoms with Gasteiger partial charge in [-0.25, -0.2) is 14.4 Å². The molecule has 0 bridgehead atoms. The van der Waals surface area contributed by atoms with Gasteiger partial charge in [0.15, 0.2) is 11.6 Å². The molecule has 0 aliphatic heterocycles. The van der Waals surface area contributed by atoms with Gasteiger partial charge in [-0.15, -0.1) is 22.7 Å². The first-order chi connectivity index (χ1) is 17.3. The van der Waals surface area contributed by atoms with Crippen molar-refractivity contribution in [1.29, 1.82) is 0 Å². The largest absolute Gasteiger partial charge is 0.504 e. The number of thiophene rings is 1. The van der Waals surface area contributed by atoms with E-state index < -0.39 is 11.6 Å². The van der Waals surface area contributed by atoms with Gasteiger partial charge in [0, 0.05) is 16.8 Å². The normalized spacial score (nSPS) is 11.2. The average Bonchev–Trinajstić information content (AvgIpc) is 3.46. The Morgan fingerprint density at radius 3 is 2.53 bits per heavy atom. The van der Waals surface area contributed by atoms with E-state index in [9.17, 15) is 14.3 Å². The number of hydrogen-bond donors (Lipinski definition) is 1. The number of phenolic OH excluding ortho intramolecular Hbond substituents is 1. The number of thiazole rings is 1. The maximum atomic E-state index is 14.2. The van der Waals surface area contributed by atoms with E-state index in [1.807, 2.05) is 55.6 Å². The summed E-state index contributed by atoms with van der Waals surface area (Å²) in [5.41, 5.74) is 4.01. The summed E-state index contributed by atoms with van der Waals surface area (Å²) in [7, 11) is 0. The van der Waals surface area contributed by atoms with E-state index in [0.717, 1.165) is 31.6 Å². The van der Waals surface area contributed by atoms with Gasteiger partial charge < -0.3 is 5.11 Å². The third kappa shape index (κ3) is 4.50. The summed E-state index contributed by atoms with van der Waals surface area (Å²) in [5.74, 6) is -1.02. The number of aromatic nitrogens is 3. The van der Waals surface area contributed by atoms with Crippen LogP contribution in [0.4, 0.5) is 4.39 Å². The molecule has 182 valence electrons. The second-order valence-electron chi connectivity index (χ2n) is 8.60. The Labute approximate surface area is 216 Å². The minimum Gasteiger partial charge on any atom is -0.504 e. The summed E-state index contributed by atoms with van der Waals surface area (Å²) >= 11 is 3.11. The van der Waals surface area contributed by atoms with Crippen LogP contribution in [-0.2, 0) is 13.0 Å². The van der Waals surface area contributed by atoms with Gasteiger partial charge >= 0.3 is 0 Å². The molecule has 0 radical (unpaired) electrons. The topological polar surface area (TPSA) is 68.0 Å². The number of aryl methyl sites for hydroxylation is 4. The van der Waals surface area contributed by atoms with Crippen molar-refractivity contribution < 1.29 is 9.50 Å². The van der Waals surface area contributed by atoms with Crippen LogP contribution < -0.4 is 5.56 Å². The molecule has 0 saturated heterocycles. The zero-order chi connectivity index (χ0) is 25.4. The SMILES string of the molecule is Cc1nc(-c2sc(-c3c(C)nc(-c4cccc(F)c4O)n(CCc4ccccc4)c3=O)cc2C)cs1. The van der Waals surface area contributed by atoms with E-state index in [4.69, 9.17) is 4.98 Å². The number of para-hydroxylation sites is 1. The second kappa shape index (κ2) is 9.79. The molecule has 5 aromatic rings. The van der Waals surface area contributed by atoms with Gasteiger partial charge in [-0.2, -0.15) is 0 Å². The Kier molecular flexibility index (Phi) is 6.55. The van der Waals surface area contributed by atoms with Crippen molar-refractivity contribution >= 4 is 22.7 Å². The zero-order valence-corrected chi connectivity index (χ0v) is 21.7. The van der Waals surface area contributed by atoms with Gasteiger partial charge in [-0.3, -0.25) is 9.36 Å². The van der Waals surface area contributed by atoms with Crippen molar-refractivity contribution in [2.45, 2.75) is 33.7 Å². The lowest BCUT2D eigenvalue weighted by atomic mass is 10.1. The molecule has 36 heavy (non-hydrogen) atoms. The predicted octanol–water partition coefficient (Wildman–Crippen LogP) is 6.77. The fourth-order valence-electron chi connectivity index (χ4n) is 4.27. The van der Waals surface area contributed by atoms with Crippen molar-refractivity contribution in [2.75, 3.05) is 0 Å². The summed E-state index contributed by atoms with van der Waals surface area (Å²) in [6, 6.07) is 16.1. The third-order valence-corrected chi connectivity index (χ3v) is 8.11. The number of hydrogen-bond acceptors (Lipinski definition) is 6. The molecule has 3 heterocycles. The van der Waals surface area contributed by atoms with Gasteiger partial charge in [0.2, 0.25) is 0 Å². The van der Waals surface area contributed by atoms with E-state index in [-0.39, 0.29) is 16.9 Å². The molecule has 0 atom stereocenters. The Bertz CT molecular complexity index is 1620. The first kappa shape index (κ1) is 24.1. The van der Waals surface area contributed by atoms with E-state index in [2.05, 4.69) is 4.98 Å². The lowest BCUT2D eigenvalue weighted by Gasteiger charge is -2.16. The van der Waals surface area contributed by atoms with E-state index in [1.165, 1.54) is 23.5 Å². The van der Waals surface area contributed by atoms with Gasteiger partial charge in [0.05, 0.1) is 32.4 Å². The van der Waals surface area contributed by atoms with Crippen LogP contribution in [0.2, 0.25) is 0 Å². The molecule has 0 fully saturated rings. The molecule has 3 aromatic heterocycles. The number of halogens is 1. The van der Waals surface area contributed by atoms with Crippen LogP contribution in [0.5, 0.6) is 5.75 Å². The highest BCUT2D eigenvalue weighted by molar-refractivity contribution is 7.19. The van der Waals surface area contributed by atoms with Crippen LogP contribution in [0.3, 0.4) is 0 Å². The first-order valence-electron chi connectivity index (χ1n) is 11.5. The second-order valence-corrected chi connectivity index (χ2v) is 10.7. The maximum absolute atomic E-state index is 14.2. The molecule has 0 aliphatic carbocycles. The lowest BCUT2D eigenvalue weighted by Crippen LogP contribution is -2.27. The summed E-state index contributed by atoms with van der Waals surface area (Å²) in [4.78, 5) is 25.2. The molecule has 2 aromatic carbocycles. The fraction of sp³-hybridized carbons (Fsp3) is 0.179. The average molecular weight is 518 g/mol. The molecule has 0 saturated carbocycles. The predicted molar refractivity (Wildman–Crippen MR) is 144 cm³/mol. The summed E-state index contributed by atoms with van der Waals surface area (Å²) in [6.07, 6.45) is 0.584. The highest BCUT2D eigenvalue weighted by atomic mass is 32.1. The van der Waals surface area contributed by atoms with Crippen LogP contribution in [0.1, 0.15) is 21.8 Å². The quantitative estimate of drug-likeness (QED) is 0.270. The molecular formula is C28H24FN3O2S2. The minimum absolute atomic E-state index is 0.191. The van der Waals surface area contributed by atoms with Crippen LogP contribution >= 0.6 is 22.7 Å². The fourth-order valence-corrected chi connectivity index (χ4v) is 6.17. The van der Waals surface area contributed by atoms with Crippen LogP contribution in [0, 0.1) is 26.6 Å². The Morgan fingerprint density at radius 1 is 1.03 bits per heavy atom. The number of phenols is 1. The Hall–Kier alpha value is -3.62. The maximum Gasteiger partial charge on any atom is 0.262 e. The molecule has 0 unspecified atom stereocenters. The van der Waals surface area contributed by atoms with Crippen molar-refractivity contribution in [1.82, 2.24) is 14.5 Å². The van der Waals surface area contributed by atoms with Crippen LogP contribution in [0.25, 0.3) is 32.4 Å². The smallest absolute Gasteiger partial charge is 0.262 e. The summed E-state index contributed by atoms with van der Waals surface area (Å²) < 4.78 is 15.8.